The van der Waals surface area contributed by atoms with Crippen molar-refractivity contribution >= 4 is 117 Å². The van der Waals surface area contributed by atoms with Crippen molar-refractivity contribution in [1.29, 1.82) is 0 Å². The smallest absolute Gasteiger partial charge is 0.246 e. The van der Waals surface area contributed by atoms with Gasteiger partial charge in [-0.25, -0.2) is 0 Å². The fraction of sp³-hybridized carbons (Fsp3) is 0.658. The fourth-order valence-corrected chi connectivity index (χ4v) is 11.3. The molecule has 0 aliphatic carbocycles. The number of carbonyl (C=O) groups is 18. The maximum atomic E-state index is 14.2. The molecule has 23 N–H and O–H groups in total. The minimum atomic E-state index is -1.92. The fourth-order valence-electron chi connectivity index (χ4n) is 11.3. The van der Waals surface area contributed by atoms with E-state index >= 15 is 0 Å². The van der Waals surface area contributed by atoms with E-state index in [-0.39, 0.29) is 49.9 Å². The number of H-pyrrole nitrogens is 1. The third-order valence-electron chi connectivity index (χ3n) is 18.2. The second-order valence-corrected chi connectivity index (χ2v) is 33.3. The van der Waals surface area contributed by atoms with Crippen LogP contribution in [0, 0.1) is 17.8 Å². The lowest BCUT2D eigenvalue weighted by Gasteiger charge is -2.34. The topological polar surface area (TPSA) is 602 Å². The number of aliphatic hydroxyl groups is 1. The molecule has 0 spiro atoms. The summed E-state index contributed by atoms with van der Waals surface area (Å²) in [6.45, 7) is 29.7. The van der Waals surface area contributed by atoms with Crippen LogP contribution in [0.15, 0.2) is 30.5 Å². The summed E-state index contributed by atoms with van der Waals surface area (Å²) < 4.78 is 0. The zero-order valence-corrected chi connectivity index (χ0v) is 69.6. The van der Waals surface area contributed by atoms with Gasteiger partial charge in [0.1, 0.15) is 81.6 Å². The lowest BCUT2D eigenvalue weighted by atomic mass is 9.96. The van der Waals surface area contributed by atoms with Crippen molar-refractivity contribution in [2.45, 2.75) is 297 Å². The number of para-hydroxylation sites is 1. The highest BCUT2D eigenvalue weighted by Gasteiger charge is 2.44. The largest absolute Gasteiger partial charge is 0.394 e. The van der Waals surface area contributed by atoms with Gasteiger partial charge in [-0.3, -0.25) is 86.3 Å². The van der Waals surface area contributed by atoms with Crippen LogP contribution in [-0.4, -0.2) is 211 Å². The average Bonchev–Trinajstić information content (AvgIpc) is 1.06. The monoisotopic (exact) mass is 1610 g/mol. The zero-order chi connectivity index (χ0) is 87.7. The predicted molar refractivity (Wildman–Crippen MR) is 420 cm³/mol. The molecule has 38 heteroatoms. The molecule has 0 saturated carbocycles. The quantitative estimate of drug-likeness (QED) is 0.0324. The van der Waals surface area contributed by atoms with Gasteiger partial charge in [-0.1, -0.05) is 59.7 Å². The summed E-state index contributed by atoms with van der Waals surface area (Å²) >= 11 is 0. The number of nitrogens with one attached hydrogen (secondary N) is 16. The number of rotatable bonds is 47. The number of aliphatic hydroxyl groups excluding tert-OH is 1. The summed E-state index contributed by atoms with van der Waals surface area (Å²) in [4.78, 5) is 246. The van der Waals surface area contributed by atoms with E-state index < -0.39 is 226 Å². The van der Waals surface area contributed by atoms with E-state index in [4.69, 9.17) is 17.2 Å². The van der Waals surface area contributed by atoms with Crippen molar-refractivity contribution in [3.63, 3.8) is 0 Å². The molecule has 18 amide bonds. The molecule has 0 saturated heterocycles. The number of amides is 18. The van der Waals surface area contributed by atoms with Crippen LogP contribution in [0.25, 0.3) is 10.9 Å². The number of hydrogen-bond donors (Lipinski definition) is 20. The molecular weight excluding hydrogens is 1480 g/mol. The summed E-state index contributed by atoms with van der Waals surface area (Å²) in [7, 11) is 0. The number of aromatic nitrogens is 1. The molecule has 1 aromatic heterocycles. The van der Waals surface area contributed by atoms with Gasteiger partial charge in [-0.15, -0.1) is 0 Å². The van der Waals surface area contributed by atoms with Gasteiger partial charge in [0.2, 0.25) is 106 Å². The van der Waals surface area contributed by atoms with Crippen LogP contribution >= 0.6 is 0 Å². The van der Waals surface area contributed by atoms with Crippen LogP contribution in [-0.2, 0) is 92.7 Å². The second-order valence-electron chi connectivity index (χ2n) is 33.3. The van der Waals surface area contributed by atoms with Gasteiger partial charge in [0.05, 0.1) is 12.6 Å². The van der Waals surface area contributed by atoms with E-state index in [2.05, 4.69) is 84.7 Å². The second kappa shape index (κ2) is 42.9. The molecule has 0 fully saturated rings. The summed E-state index contributed by atoms with van der Waals surface area (Å²) in [5, 5.41) is 49.0. The van der Waals surface area contributed by atoms with E-state index in [9.17, 15) is 91.4 Å². The highest BCUT2D eigenvalue weighted by molar-refractivity contribution is 6.03. The van der Waals surface area contributed by atoms with E-state index in [1.807, 2.05) is 38.1 Å². The lowest BCUT2D eigenvalue weighted by Crippen LogP contribution is -2.66. The van der Waals surface area contributed by atoms with E-state index in [1.165, 1.54) is 104 Å². The molecule has 2 rings (SSSR count). The van der Waals surface area contributed by atoms with Gasteiger partial charge >= 0.3 is 0 Å². The molecule has 2 aromatic rings. The normalized spacial score (nSPS) is 14.4. The molecule has 0 aliphatic heterocycles. The summed E-state index contributed by atoms with van der Waals surface area (Å²) in [5.41, 5.74) is 6.78. The molecule has 1 heterocycles. The van der Waals surface area contributed by atoms with Crippen molar-refractivity contribution in [2.75, 3.05) is 6.61 Å². The Morgan fingerprint density at radius 2 is 0.675 bits per heavy atom. The van der Waals surface area contributed by atoms with Crippen LogP contribution < -0.4 is 97.0 Å². The highest BCUT2D eigenvalue weighted by atomic mass is 16.3. The van der Waals surface area contributed by atoms with Crippen molar-refractivity contribution in [3.8, 4) is 0 Å². The standard InChI is InChI=1S/C76H125N19O19/c1-38(2)32-45(37-96)84-59(103)48(26-29-54(77)98)86-67(111)73(14,15)93-63(107)51(33-39(3)4)85-60(104)49(27-30-55(78)99)87-66(110)72(12,13)90-58(102)42(8)82-65(109)71(10,11)92-62(106)50(28-31-56(79)100)88-68(112)74(16,17)94-64(108)52(34-40(5)6)89-69(113)75(18,19)95-70(114)76(20,21)91-57(101)41(7)81-61(105)53(83-43(9)97)35-44-36-80-47-25-23-22-24-46(44)47/h22-25,36,38-42,45,48-53,80,96H,26-35,37H2,1-21H3,(H2,77,98)(H2,78,99)(H2,79,100)(H,81,105)(H,82,109)(H,83,97)(H,84,103)(H,85,104)(H,86,111)(H,87,110)(H,88,112)(H,89,113)(H,90,102)(H,91,101)(H,92,106)(H,93,107)(H,94,108)(H,95,114)/t41-,42-,45-,48-,49-,50-,51-,52-,53-/m0/s1. The minimum Gasteiger partial charge on any atom is -0.394 e. The minimum absolute atomic E-state index is 0.00864. The molecule has 9 atom stereocenters. The van der Waals surface area contributed by atoms with Crippen molar-refractivity contribution in [2.24, 2.45) is 35.0 Å². The first-order valence-corrected chi connectivity index (χ1v) is 37.9. The molecule has 638 valence electrons. The first kappa shape index (κ1) is 99.3. The number of carbonyl (C=O) groups excluding carboxylic acids is 18. The third kappa shape index (κ3) is 32.7. The third-order valence-corrected chi connectivity index (χ3v) is 18.2. The van der Waals surface area contributed by atoms with Crippen molar-refractivity contribution < 1.29 is 91.4 Å². The van der Waals surface area contributed by atoms with Gasteiger partial charge in [-0.2, -0.15) is 0 Å². The van der Waals surface area contributed by atoms with Crippen molar-refractivity contribution in [3.05, 3.63) is 36.0 Å². The van der Waals surface area contributed by atoms with Crippen LogP contribution in [0.5, 0.6) is 0 Å². The Balaban J connectivity index is 2.23. The number of primary amides is 3. The van der Waals surface area contributed by atoms with Gasteiger partial charge in [-0.05, 0) is 165 Å². The molecular formula is C76H125N19O19. The van der Waals surface area contributed by atoms with Crippen LogP contribution in [0.2, 0.25) is 0 Å². The number of fused-ring (bicyclic) bond motifs is 1. The van der Waals surface area contributed by atoms with Crippen LogP contribution in [0.3, 0.4) is 0 Å². The number of hydrogen-bond acceptors (Lipinski definition) is 19. The molecule has 0 radical (unpaired) electrons. The summed E-state index contributed by atoms with van der Waals surface area (Å²) in [6.07, 6.45) is -0.178. The predicted octanol–water partition coefficient (Wildman–Crippen LogP) is -2.57. The van der Waals surface area contributed by atoms with Gasteiger partial charge < -0.3 is 107 Å². The summed E-state index contributed by atoms with van der Waals surface area (Å²) in [6, 6.07) is -4.41. The van der Waals surface area contributed by atoms with E-state index in [0.29, 0.717) is 6.42 Å². The first-order chi connectivity index (χ1) is 52.3. The molecule has 1 aromatic carbocycles. The van der Waals surface area contributed by atoms with Gasteiger partial charge in [0.25, 0.3) is 0 Å². The zero-order valence-electron chi connectivity index (χ0n) is 69.6. The Morgan fingerprint density at radius 3 is 1.06 bits per heavy atom. The maximum absolute atomic E-state index is 14.2. The maximum Gasteiger partial charge on any atom is 0.246 e. The molecule has 114 heavy (non-hydrogen) atoms. The lowest BCUT2D eigenvalue weighted by molar-refractivity contribution is -0.140. The Kier molecular flexibility index (Phi) is 37.3. The molecule has 0 bridgehead atoms. The molecule has 0 aliphatic rings. The Morgan fingerprint density at radius 1 is 0.360 bits per heavy atom. The highest BCUT2D eigenvalue weighted by Crippen LogP contribution is 2.21. The number of aromatic amines is 1. The number of nitrogens with two attached hydrogens (primary N) is 3. The Bertz CT molecular complexity index is 3840. The van der Waals surface area contributed by atoms with E-state index in [0.717, 1.165) is 16.5 Å². The molecule has 0 unspecified atom stereocenters. The summed E-state index contributed by atoms with van der Waals surface area (Å²) in [5.74, 6) is -16.0. The molecule has 38 nitrogen and oxygen atoms in total. The average molecular weight is 1610 g/mol. The van der Waals surface area contributed by atoms with Gasteiger partial charge in [0.15, 0.2) is 0 Å². The SMILES string of the molecule is CC(=O)N[C@@H](Cc1c[nH]c2ccccc12)C(=O)N[C@@H](C)C(=O)NC(C)(C)C(=O)NC(C)(C)C(=O)N[C@@H](CC(C)C)C(=O)NC(C)(C)C(=O)N[C@@H](CCC(N)=O)C(=O)NC(C)(C)C(=O)N[C@@H](C)C(=O)NC(C)(C)C(=O)N[C@@H](CCC(N)=O)C(=O)N[C@@H](CC(C)C)C(=O)NC(C)(C)C(=O)N[C@@H](CCC(N)=O)C(=O)N[C@H](CO)CC(C)C. The van der Waals surface area contributed by atoms with Crippen LogP contribution in [0.4, 0.5) is 0 Å². The first-order valence-electron chi connectivity index (χ1n) is 37.9. The van der Waals surface area contributed by atoms with Gasteiger partial charge in [0, 0.05) is 49.7 Å². The Labute approximate surface area is 665 Å². The van der Waals surface area contributed by atoms with Crippen molar-refractivity contribution in [1.82, 2.24) is 84.7 Å². The Hall–Kier alpha value is -10.8. The number of benzene rings is 1. The van der Waals surface area contributed by atoms with E-state index in [1.54, 1.807) is 33.9 Å². The van der Waals surface area contributed by atoms with Crippen LogP contribution in [0.1, 0.15) is 209 Å².